The van der Waals surface area contributed by atoms with Gasteiger partial charge in [0.2, 0.25) is 0 Å². The third kappa shape index (κ3) is 4.01. The second-order valence-corrected chi connectivity index (χ2v) is 7.45. The summed E-state index contributed by atoms with van der Waals surface area (Å²) in [6.07, 6.45) is 3.21. The molecule has 6 nitrogen and oxygen atoms in total. The molecule has 0 saturated carbocycles. The molecule has 0 aliphatic carbocycles. The second kappa shape index (κ2) is 7.69. The minimum atomic E-state index is -0.519. The Kier molecular flexibility index (Phi) is 5.08. The third-order valence-electron chi connectivity index (χ3n) is 4.21. The highest BCUT2D eigenvalue weighted by atomic mass is 79.9. The van der Waals surface area contributed by atoms with Gasteiger partial charge in [-0.05, 0) is 42.5 Å². The number of non-ortho nitro benzene ring substituents is 1. The number of ether oxygens (including phenoxy) is 1. The predicted octanol–water partition coefficient (Wildman–Crippen LogP) is 6.25. The van der Waals surface area contributed by atoms with Crippen LogP contribution < -0.4 is 0 Å². The zero-order valence-electron chi connectivity index (χ0n) is 14.6. The van der Waals surface area contributed by atoms with Crippen LogP contribution in [0.1, 0.15) is 11.3 Å². The Hall–Kier alpha value is -3.16. The topological polar surface area (TPSA) is 82.6 Å². The van der Waals surface area contributed by atoms with Crippen molar-refractivity contribution in [3.8, 4) is 11.3 Å². The summed E-state index contributed by atoms with van der Waals surface area (Å²) in [7, 11) is 0. The summed E-state index contributed by atoms with van der Waals surface area (Å²) >= 11 is 9.51. The number of halogens is 2. The molecule has 0 N–H and O–H groups in total. The Balaban J connectivity index is 1.61. The molecule has 29 heavy (non-hydrogen) atoms. The van der Waals surface area contributed by atoms with Crippen molar-refractivity contribution in [3.05, 3.63) is 97.2 Å². The maximum Gasteiger partial charge on any atom is 0.343 e. The Bertz CT molecular complexity index is 1190. The molecule has 8 heteroatoms. The molecule has 0 bridgehead atoms. The van der Waals surface area contributed by atoms with Gasteiger partial charge in [0.25, 0.3) is 5.69 Å². The molecule has 0 fully saturated rings. The fourth-order valence-electron chi connectivity index (χ4n) is 2.79. The Morgan fingerprint density at radius 2 is 1.83 bits per heavy atom. The van der Waals surface area contributed by atoms with Gasteiger partial charge in [-0.3, -0.25) is 10.1 Å². The van der Waals surface area contributed by atoms with Gasteiger partial charge in [0.05, 0.1) is 15.5 Å². The lowest BCUT2D eigenvalue weighted by atomic mass is 10.1. The van der Waals surface area contributed by atoms with Gasteiger partial charge in [0.15, 0.2) is 0 Å². The highest BCUT2D eigenvalue weighted by Gasteiger charge is 2.22. The average molecular weight is 473 g/mol. The van der Waals surface area contributed by atoms with Crippen LogP contribution in [0, 0.1) is 10.1 Å². The smallest absolute Gasteiger partial charge is 0.343 e. The maximum absolute atomic E-state index is 12.2. The largest absolute Gasteiger partial charge is 0.457 e. The Labute approximate surface area is 178 Å². The van der Waals surface area contributed by atoms with E-state index in [1.807, 2.05) is 24.3 Å². The van der Waals surface area contributed by atoms with Gasteiger partial charge in [-0.15, -0.1) is 0 Å². The van der Waals surface area contributed by atoms with E-state index in [0.717, 1.165) is 10.0 Å². The number of carbonyl (C=O) groups is 1. The Morgan fingerprint density at radius 3 is 2.52 bits per heavy atom. The lowest BCUT2D eigenvalue weighted by molar-refractivity contribution is -0.384. The monoisotopic (exact) mass is 471 g/mol. The first-order chi connectivity index (χ1) is 13.9. The maximum atomic E-state index is 12.2. The van der Waals surface area contributed by atoms with Crippen molar-refractivity contribution in [2.24, 2.45) is 0 Å². The van der Waals surface area contributed by atoms with Crippen LogP contribution in [-0.2, 0) is 9.53 Å². The number of cyclic esters (lactones) is 1. The number of hydrogen-bond acceptors (Lipinski definition) is 5. The number of esters is 1. The van der Waals surface area contributed by atoms with Crippen LogP contribution in [0.3, 0.4) is 0 Å². The molecule has 1 aliphatic heterocycles. The third-order valence-corrected chi connectivity index (χ3v) is 5.05. The van der Waals surface area contributed by atoms with Crippen molar-refractivity contribution in [2.75, 3.05) is 0 Å². The van der Waals surface area contributed by atoms with Crippen LogP contribution in [0.15, 0.2) is 75.1 Å². The van der Waals surface area contributed by atoms with Crippen LogP contribution >= 0.6 is 27.5 Å². The fourth-order valence-corrected chi connectivity index (χ4v) is 3.32. The van der Waals surface area contributed by atoms with Gasteiger partial charge in [-0.25, -0.2) is 4.79 Å². The minimum absolute atomic E-state index is 0.105. The molecule has 0 amide bonds. The van der Waals surface area contributed by atoms with Crippen molar-refractivity contribution in [1.29, 1.82) is 0 Å². The first kappa shape index (κ1) is 19.2. The number of nitro benzene ring substituents is 1. The first-order valence-corrected chi connectivity index (χ1v) is 9.53. The summed E-state index contributed by atoms with van der Waals surface area (Å²) < 4.78 is 12.0. The first-order valence-electron chi connectivity index (χ1n) is 8.36. The van der Waals surface area contributed by atoms with Gasteiger partial charge in [0, 0.05) is 27.7 Å². The normalized spacial score (nSPS) is 14.8. The molecule has 0 spiro atoms. The predicted molar refractivity (Wildman–Crippen MR) is 112 cm³/mol. The van der Waals surface area contributed by atoms with Crippen molar-refractivity contribution in [3.63, 3.8) is 0 Å². The van der Waals surface area contributed by atoms with E-state index in [9.17, 15) is 14.9 Å². The van der Waals surface area contributed by atoms with E-state index < -0.39 is 10.9 Å². The number of nitrogens with zero attached hydrogens (tertiary/aromatic N) is 1. The van der Waals surface area contributed by atoms with Crippen molar-refractivity contribution >= 4 is 51.0 Å². The van der Waals surface area contributed by atoms with Crippen molar-refractivity contribution in [2.45, 2.75) is 0 Å². The summed E-state index contributed by atoms with van der Waals surface area (Å²) in [6, 6.07) is 14.9. The number of carbonyl (C=O) groups excluding carboxylic acids is 1. The van der Waals surface area contributed by atoms with E-state index in [1.165, 1.54) is 18.2 Å². The van der Waals surface area contributed by atoms with Gasteiger partial charge < -0.3 is 9.15 Å². The minimum Gasteiger partial charge on any atom is -0.457 e. The lowest BCUT2D eigenvalue weighted by Crippen LogP contribution is -1.96. The van der Waals surface area contributed by atoms with Gasteiger partial charge in [-0.1, -0.05) is 39.7 Å². The highest BCUT2D eigenvalue weighted by Crippen LogP contribution is 2.34. The number of hydrogen-bond donors (Lipinski definition) is 0. The zero-order valence-corrected chi connectivity index (χ0v) is 16.9. The number of rotatable bonds is 4. The molecule has 3 aromatic rings. The molecule has 0 saturated heterocycles. The molecule has 0 radical (unpaired) electrons. The van der Waals surface area contributed by atoms with E-state index >= 15 is 0 Å². The average Bonchev–Trinajstić information content (AvgIpc) is 3.29. The molecule has 1 aliphatic rings. The van der Waals surface area contributed by atoms with Gasteiger partial charge in [-0.2, -0.15) is 0 Å². The van der Waals surface area contributed by atoms with Crippen molar-refractivity contribution < 1.29 is 18.9 Å². The quantitative estimate of drug-likeness (QED) is 0.194. The number of benzene rings is 2. The van der Waals surface area contributed by atoms with Crippen molar-refractivity contribution in [1.82, 2.24) is 0 Å². The molecule has 2 heterocycles. The molecular formula is C21H11BrClNO5. The summed E-state index contributed by atoms with van der Waals surface area (Å²) in [5, 5.41) is 11.0. The number of furan rings is 1. The van der Waals surface area contributed by atoms with Crippen LogP contribution in [-0.4, -0.2) is 10.9 Å². The van der Waals surface area contributed by atoms with E-state index in [0.29, 0.717) is 28.4 Å². The summed E-state index contributed by atoms with van der Waals surface area (Å²) in [6.45, 7) is 0. The number of nitro groups is 1. The van der Waals surface area contributed by atoms with E-state index in [4.69, 9.17) is 20.8 Å². The van der Waals surface area contributed by atoms with Crippen LogP contribution in [0.25, 0.3) is 23.2 Å². The summed E-state index contributed by atoms with van der Waals surface area (Å²) in [5.74, 6) is 0.836. The summed E-state index contributed by atoms with van der Waals surface area (Å²) in [5.41, 5.74) is 1.54. The molecule has 2 aromatic carbocycles. The van der Waals surface area contributed by atoms with E-state index in [1.54, 1.807) is 24.3 Å². The molecule has 0 atom stereocenters. The molecule has 144 valence electrons. The van der Waals surface area contributed by atoms with E-state index in [2.05, 4.69) is 15.9 Å². The van der Waals surface area contributed by atoms with Gasteiger partial charge >= 0.3 is 5.97 Å². The fraction of sp³-hybridized carbons (Fsp3) is 0. The Morgan fingerprint density at radius 1 is 1.07 bits per heavy atom. The molecule has 1 aromatic heterocycles. The lowest BCUT2D eigenvalue weighted by Gasteiger charge is -2.01. The highest BCUT2D eigenvalue weighted by molar-refractivity contribution is 9.10. The SMILES string of the molecule is O=C1OC(c2ccc(Br)cc2)=CC1=Cc1ccc(-c2ccc([N+](=O)[O-])cc2Cl)o1. The molecule has 4 rings (SSSR count). The van der Waals surface area contributed by atoms with Crippen LogP contribution in [0.5, 0.6) is 0 Å². The zero-order chi connectivity index (χ0) is 20.5. The van der Waals surface area contributed by atoms with Crippen LogP contribution in [0.2, 0.25) is 5.02 Å². The molecule has 0 unspecified atom stereocenters. The standard InChI is InChI=1S/C21H11BrClNO5/c22-14-3-1-12(2-4-14)20-10-13(21(25)29-20)9-16-6-8-19(28-16)17-7-5-15(24(26)27)11-18(17)23/h1-11H. The molecular weight excluding hydrogens is 462 g/mol. The second-order valence-electron chi connectivity index (χ2n) is 6.13. The van der Waals surface area contributed by atoms with Gasteiger partial charge in [0.1, 0.15) is 17.3 Å². The van der Waals surface area contributed by atoms with Crippen LogP contribution in [0.4, 0.5) is 5.69 Å². The van der Waals surface area contributed by atoms with E-state index in [-0.39, 0.29) is 10.7 Å². The summed E-state index contributed by atoms with van der Waals surface area (Å²) in [4.78, 5) is 22.5.